The fourth-order valence-corrected chi connectivity index (χ4v) is 11.5. The molecule has 0 saturated heterocycles. The van der Waals surface area contributed by atoms with Gasteiger partial charge in [0.2, 0.25) is 0 Å². The van der Waals surface area contributed by atoms with Crippen molar-refractivity contribution >= 4 is 57.2 Å². The van der Waals surface area contributed by atoms with Gasteiger partial charge in [0.15, 0.2) is 0 Å². The molecule has 0 bridgehead atoms. The van der Waals surface area contributed by atoms with Crippen LogP contribution in [0.2, 0.25) is 0 Å². The van der Waals surface area contributed by atoms with E-state index in [0.717, 1.165) is 18.5 Å². The van der Waals surface area contributed by atoms with Gasteiger partial charge in [-0.05, 0) is 176 Å². The van der Waals surface area contributed by atoms with Gasteiger partial charge in [-0.2, -0.15) is 0 Å². The Morgan fingerprint density at radius 2 is 1.02 bits per heavy atom. The second-order valence-electron chi connectivity index (χ2n) is 21.8. The third kappa shape index (κ3) is 6.76. The van der Waals surface area contributed by atoms with Crippen LogP contribution in [0.5, 0.6) is 0 Å². The summed E-state index contributed by atoms with van der Waals surface area (Å²) in [5.41, 5.74) is 27.1. The normalized spacial score (nSPS) is 15.5. The van der Waals surface area contributed by atoms with Gasteiger partial charge in [0.1, 0.15) is 0 Å². The van der Waals surface area contributed by atoms with Crippen LogP contribution in [0, 0.1) is 20.8 Å². The molecule has 3 heteroatoms. The highest BCUT2D eigenvalue weighted by molar-refractivity contribution is 7.00. The molecule has 2 aliphatic heterocycles. The molecule has 66 heavy (non-hydrogen) atoms. The fourth-order valence-electron chi connectivity index (χ4n) is 11.5. The van der Waals surface area contributed by atoms with Gasteiger partial charge in [-0.15, -0.1) is 0 Å². The van der Waals surface area contributed by atoms with Crippen molar-refractivity contribution in [1.29, 1.82) is 0 Å². The summed E-state index contributed by atoms with van der Waals surface area (Å²) in [6.45, 7) is 23.6. The van der Waals surface area contributed by atoms with E-state index in [1.165, 1.54) is 112 Å². The van der Waals surface area contributed by atoms with Gasteiger partial charge in [-0.25, -0.2) is 0 Å². The van der Waals surface area contributed by atoms with Crippen LogP contribution in [0.25, 0.3) is 33.4 Å². The SMILES string of the molecule is Cc1cc2c3c(c1)N(c1ccc(C(C)(C)C)cc1-c1ccccc1)c1cc4c(cc1B3c1ccc(-c3ccccc3C)cc1N2c1cccc(-c2ccccc2C)c1)C(C)(C)CCC4(C)C. The van der Waals surface area contributed by atoms with Gasteiger partial charge in [0, 0.05) is 34.0 Å². The molecule has 0 spiro atoms. The number of benzene rings is 8. The van der Waals surface area contributed by atoms with Crippen LogP contribution < -0.4 is 26.2 Å². The molecule has 0 atom stereocenters. The Morgan fingerprint density at radius 1 is 0.439 bits per heavy atom. The first kappa shape index (κ1) is 42.1. The van der Waals surface area contributed by atoms with Gasteiger partial charge < -0.3 is 9.80 Å². The molecule has 3 aliphatic rings. The minimum Gasteiger partial charge on any atom is -0.311 e. The highest BCUT2D eigenvalue weighted by Gasteiger charge is 2.47. The molecule has 11 rings (SSSR count). The van der Waals surface area contributed by atoms with Crippen LogP contribution in [0.4, 0.5) is 34.1 Å². The lowest BCUT2D eigenvalue weighted by molar-refractivity contribution is 0.332. The van der Waals surface area contributed by atoms with Crippen molar-refractivity contribution in [3.8, 4) is 33.4 Å². The summed E-state index contributed by atoms with van der Waals surface area (Å²) in [7, 11) is 0. The zero-order chi connectivity index (χ0) is 45.9. The number of aryl methyl sites for hydroxylation is 3. The number of hydrogen-bond donors (Lipinski definition) is 0. The maximum atomic E-state index is 2.67. The first-order valence-electron chi connectivity index (χ1n) is 24.1. The van der Waals surface area contributed by atoms with Crippen molar-refractivity contribution in [3.63, 3.8) is 0 Å². The van der Waals surface area contributed by atoms with E-state index in [9.17, 15) is 0 Å². The third-order valence-corrected chi connectivity index (χ3v) is 15.4. The molecule has 1 aliphatic carbocycles. The molecule has 0 unspecified atom stereocenters. The molecule has 2 heterocycles. The van der Waals surface area contributed by atoms with E-state index in [-0.39, 0.29) is 23.0 Å². The highest BCUT2D eigenvalue weighted by atomic mass is 15.2. The lowest BCUT2D eigenvalue weighted by atomic mass is 9.33. The highest BCUT2D eigenvalue weighted by Crippen LogP contribution is 2.52. The van der Waals surface area contributed by atoms with E-state index in [1.807, 2.05) is 0 Å². The van der Waals surface area contributed by atoms with Crippen LogP contribution in [-0.4, -0.2) is 6.71 Å². The summed E-state index contributed by atoms with van der Waals surface area (Å²) < 4.78 is 0. The summed E-state index contributed by atoms with van der Waals surface area (Å²) in [5.74, 6) is 0. The molecular weight excluding hydrogens is 796 g/mol. The van der Waals surface area contributed by atoms with E-state index in [0.29, 0.717) is 0 Å². The van der Waals surface area contributed by atoms with Crippen molar-refractivity contribution in [2.24, 2.45) is 0 Å². The second kappa shape index (κ2) is 15.2. The lowest BCUT2D eigenvalue weighted by Crippen LogP contribution is -2.62. The van der Waals surface area contributed by atoms with Gasteiger partial charge in [-0.1, -0.05) is 164 Å². The molecule has 0 saturated carbocycles. The minimum absolute atomic E-state index is 0.0127. The number of hydrogen-bond acceptors (Lipinski definition) is 2. The van der Waals surface area contributed by atoms with E-state index < -0.39 is 0 Å². The number of fused-ring (bicyclic) bond motifs is 5. The Balaban J connectivity index is 1.26. The molecule has 8 aromatic rings. The minimum atomic E-state index is -0.0156. The van der Waals surface area contributed by atoms with Crippen molar-refractivity contribution in [3.05, 3.63) is 197 Å². The monoisotopic (exact) mass is 856 g/mol. The molecule has 2 nitrogen and oxygen atoms in total. The number of rotatable bonds is 5. The Kier molecular flexibility index (Phi) is 9.72. The second-order valence-corrected chi connectivity index (χ2v) is 21.8. The van der Waals surface area contributed by atoms with Crippen LogP contribution in [0.15, 0.2) is 164 Å². The number of nitrogens with zero attached hydrogens (tertiary/aromatic N) is 2. The van der Waals surface area contributed by atoms with Crippen LogP contribution in [0.3, 0.4) is 0 Å². The summed E-state index contributed by atoms with van der Waals surface area (Å²) >= 11 is 0. The Bertz CT molecular complexity index is 3240. The zero-order valence-electron chi connectivity index (χ0n) is 40.5. The third-order valence-electron chi connectivity index (χ3n) is 15.4. The molecule has 0 radical (unpaired) electrons. The molecule has 0 aromatic heterocycles. The van der Waals surface area contributed by atoms with Crippen molar-refractivity contribution < 1.29 is 0 Å². The first-order chi connectivity index (χ1) is 31.6. The molecule has 0 fully saturated rings. The van der Waals surface area contributed by atoms with Gasteiger partial charge in [0.25, 0.3) is 6.71 Å². The van der Waals surface area contributed by atoms with Crippen molar-refractivity contribution in [2.75, 3.05) is 9.80 Å². The van der Waals surface area contributed by atoms with Gasteiger partial charge in [0.05, 0.1) is 5.69 Å². The standard InChI is InChI=1S/C63H61BN2/c1-40-33-58-60-59(34-40)66(55-30-28-46(61(4,5)6)37-50(55)43-21-12-11-13-22-43)57-39-52-51(62(7,8)31-32-63(52,9)10)38-54(57)64(60)53-29-27-45(49-26-17-15-20-42(49)3)36-56(53)65(58)47-24-18-23-44(35-47)48-25-16-14-19-41(48)2/h11-30,33-39H,31-32H2,1-10H3. The molecule has 326 valence electrons. The number of anilines is 6. The van der Waals surface area contributed by atoms with E-state index in [1.54, 1.807) is 0 Å². The van der Waals surface area contributed by atoms with E-state index in [4.69, 9.17) is 0 Å². The molecular formula is C63H61BN2. The Morgan fingerprint density at radius 3 is 1.67 bits per heavy atom. The van der Waals surface area contributed by atoms with Crippen LogP contribution >= 0.6 is 0 Å². The topological polar surface area (TPSA) is 6.48 Å². The van der Waals surface area contributed by atoms with Gasteiger partial charge in [-0.3, -0.25) is 0 Å². The predicted octanol–water partition coefficient (Wildman–Crippen LogP) is 15.3. The van der Waals surface area contributed by atoms with Crippen molar-refractivity contribution in [1.82, 2.24) is 0 Å². The van der Waals surface area contributed by atoms with Crippen LogP contribution in [-0.2, 0) is 16.2 Å². The average molecular weight is 857 g/mol. The zero-order valence-corrected chi connectivity index (χ0v) is 40.5. The van der Waals surface area contributed by atoms with Crippen molar-refractivity contribution in [2.45, 2.75) is 98.3 Å². The summed E-state index contributed by atoms with van der Waals surface area (Å²) in [4.78, 5) is 5.26. The molecule has 8 aromatic carbocycles. The smallest absolute Gasteiger partial charge is 0.252 e. The first-order valence-corrected chi connectivity index (χ1v) is 24.1. The van der Waals surface area contributed by atoms with Crippen LogP contribution in [0.1, 0.15) is 94.7 Å². The fraction of sp³-hybridized carbons (Fsp3) is 0.238. The maximum absolute atomic E-state index is 2.67. The largest absolute Gasteiger partial charge is 0.311 e. The summed E-state index contributed by atoms with van der Waals surface area (Å²) in [6.07, 6.45) is 2.32. The maximum Gasteiger partial charge on any atom is 0.252 e. The lowest BCUT2D eigenvalue weighted by Gasteiger charge is -2.48. The predicted molar refractivity (Wildman–Crippen MR) is 285 cm³/mol. The van der Waals surface area contributed by atoms with Gasteiger partial charge >= 0.3 is 0 Å². The average Bonchev–Trinajstić information content (AvgIpc) is 3.30. The molecule has 0 amide bonds. The molecule has 0 N–H and O–H groups in total. The van der Waals surface area contributed by atoms with E-state index >= 15 is 0 Å². The Hall–Kier alpha value is -6.58. The quantitative estimate of drug-likeness (QED) is 0.159. The van der Waals surface area contributed by atoms with E-state index in [2.05, 4.69) is 243 Å². The summed E-state index contributed by atoms with van der Waals surface area (Å²) in [5, 5.41) is 0. The summed E-state index contributed by atoms with van der Waals surface area (Å²) in [6, 6.07) is 62.8. The Labute approximate surface area is 394 Å².